The van der Waals surface area contributed by atoms with Crippen molar-refractivity contribution < 1.29 is 8.42 Å². The molecule has 0 spiro atoms. The van der Waals surface area contributed by atoms with Crippen LogP contribution >= 0.6 is 0 Å². The smallest absolute Gasteiger partial charge is 0.232 e. The van der Waals surface area contributed by atoms with Gasteiger partial charge in [0.2, 0.25) is 10.0 Å². The first-order valence-corrected chi connectivity index (χ1v) is 14.8. The van der Waals surface area contributed by atoms with E-state index < -0.39 is 10.0 Å². The molecule has 4 rings (SSSR count). The number of piperidine rings is 1. The Hall–Kier alpha value is -3.15. The van der Waals surface area contributed by atoms with E-state index in [1.807, 2.05) is 60.7 Å². The molecule has 0 amide bonds. The largest absolute Gasteiger partial charge is 0.299 e. The van der Waals surface area contributed by atoms with Crippen molar-refractivity contribution in [2.75, 3.05) is 36.7 Å². The van der Waals surface area contributed by atoms with Crippen LogP contribution in [0.4, 0.5) is 5.69 Å². The van der Waals surface area contributed by atoms with Gasteiger partial charge < -0.3 is 0 Å². The average molecular weight is 515 g/mol. The molecular formula is C32H38N2O2S. The zero-order chi connectivity index (χ0) is 26.3. The summed E-state index contributed by atoms with van der Waals surface area (Å²) in [7, 11) is -3.43. The van der Waals surface area contributed by atoms with Gasteiger partial charge in [-0.1, -0.05) is 111 Å². The third kappa shape index (κ3) is 7.00. The van der Waals surface area contributed by atoms with Gasteiger partial charge in [-0.15, -0.1) is 0 Å². The van der Waals surface area contributed by atoms with Gasteiger partial charge in [0, 0.05) is 13.1 Å². The molecule has 194 valence electrons. The molecule has 0 unspecified atom stereocenters. The van der Waals surface area contributed by atoms with Gasteiger partial charge in [-0.2, -0.15) is 0 Å². The topological polar surface area (TPSA) is 40.6 Å². The lowest BCUT2D eigenvalue weighted by atomic mass is 9.68. The predicted molar refractivity (Wildman–Crippen MR) is 157 cm³/mol. The van der Waals surface area contributed by atoms with Crippen LogP contribution in [0.15, 0.2) is 97.1 Å². The number of benzene rings is 3. The summed E-state index contributed by atoms with van der Waals surface area (Å²) in [6.45, 7) is 7.90. The van der Waals surface area contributed by atoms with Crippen LogP contribution in [0.2, 0.25) is 0 Å². The first-order valence-electron chi connectivity index (χ1n) is 13.0. The molecule has 0 bridgehead atoms. The van der Waals surface area contributed by atoms with Crippen molar-refractivity contribution in [2.24, 2.45) is 5.92 Å². The summed E-state index contributed by atoms with van der Waals surface area (Å²) in [4.78, 5) is 2.51. The monoisotopic (exact) mass is 514 g/mol. The second-order valence-corrected chi connectivity index (χ2v) is 12.2. The molecule has 1 aliphatic rings. The number of nitrogens with zero attached hydrogens (tertiary/aromatic N) is 2. The standard InChI is InChI=1S/C32H38N2O2S/c1-27-26-33(22-11-17-28-13-6-4-7-14-28)24-21-32(27,2)30-19-10-20-31(25-30)34(37(3,35)36)23-12-18-29-15-8-5-9-16-29/h4-20,25,27H,21-24,26H2,1-3H3/t27-,32-/m0/s1. The quantitative estimate of drug-likeness (QED) is 0.328. The highest BCUT2D eigenvalue weighted by atomic mass is 32.2. The fourth-order valence-corrected chi connectivity index (χ4v) is 5.96. The highest BCUT2D eigenvalue weighted by molar-refractivity contribution is 7.92. The second-order valence-electron chi connectivity index (χ2n) is 10.3. The first kappa shape index (κ1) is 26.9. The van der Waals surface area contributed by atoms with Crippen molar-refractivity contribution in [2.45, 2.75) is 25.7 Å². The molecule has 0 aromatic heterocycles. The Balaban J connectivity index is 1.46. The maximum atomic E-state index is 12.7. The number of anilines is 1. The van der Waals surface area contributed by atoms with Crippen molar-refractivity contribution in [3.8, 4) is 0 Å². The Kier molecular flexibility index (Phi) is 8.67. The van der Waals surface area contributed by atoms with E-state index >= 15 is 0 Å². The Labute approximate surface area is 223 Å². The van der Waals surface area contributed by atoms with Gasteiger partial charge in [0.15, 0.2) is 0 Å². The SMILES string of the molecule is C[C@H]1CN(CC=Cc2ccccc2)CC[C@]1(C)c1cccc(N(CC=Cc2ccccc2)S(C)(=O)=O)c1. The molecule has 0 N–H and O–H groups in total. The Morgan fingerprint density at radius 1 is 0.919 bits per heavy atom. The highest BCUT2D eigenvalue weighted by Gasteiger charge is 2.38. The van der Waals surface area contributed by atoms with Crippen molar-refractivity contribution >= 4 is 27.9 Å². The maximum Gasteiger partial charge on any atom is 0.232 e. The minimum atomic E-state index is -3.43. The van der Waals surface area contributed by atoms with Crippen LogP contribution in [0, 0.1) is 5.92 Å². The summed E-state index contributed by atoms with van der Waals surface area (Å²) in [5.74, 6) is 0.436. The van der Waals surface area contributed by atoms with E-state index in [1.54, 1.807) is 0 Å². The van der Waals surface area contributed by atoms with Crippen LogP contribution in [0.1, 0.15) is 37.0 Å². The molecule has 0 radical (unpaired) electrons. The van der Waals surface area contributed by atoms with Gasteiger partial charge in [-0.05, 0) is 53.1 Å². The van der Waals surface area contributed by atoms with Crippen LogP contribution in [0.25, 0.3) is 12.2 Å². The third-order valence-corrected chi connectivity index (χ3v) is 8.78. The molecule has 4 nitrogen and oxygen atoms in total. The van der Waals surface area contributed by atoms with Gasteiger partial charge >= 0.3 is 0 Å². The summed E-state index contributed by atoms with van der Waals surface area (Å²) in [5.41, 5.74) is 4.19. The molecule has 1 aliphatic heterocycles. The van der Waals surface area contributed by atoms with E-state index in [1.165, 1.54) is 21.7 Å². The van der Waals surface area contributed by atoms with Crippen LogP contribution in [-0.2, 0) is 15.4 Å². The average Bonchev–Trinajstić information content (AvgIpc) is 2.89. The maximum absolute atomic E-state index is 12.7. The van der Waals surface area contributed by atoms with Crippen molar-refractivity contribution in [3.63, 3.8) is 0 Å². The van der Waals surface area contributed by atoms with Gasteiger partial charge in [0.1, 0.15) is 0 Å². The van der Waals surface area contributed by atoms with Crippen LogP contribution < -0.4 is 4.31 Å². The number of hydrogen-bond acceptors (Lipinski definition) is 3. The van der Waals surface area contributed by atoms with Gasteiger partial charge in [-0.3, -0.25) is 9.21 Å². The summed E-state index contributed by atoms with van der Waals surface area (Å²) in [5, 5.41) is 0. The van der Waals surface area contributed by atoms with Crippen molar-refractivity contribution in [3.05, 3.63) is 114 Å². The summed E-state index contributed by atoms with van der Waals surface area (Å²) in [6, 6.07) is 28.5. The van der Waals surface area contributed by atoms with Gasteiger partial charge in [0.05, 0.1) is 18.5 Å². The zero-order valence-corrected chi connectivity index (χ0v) is 22.9. The predicted octanol–water partition coefficient (Wildman–Crippen LogP) is 6.48. The molecule has 5 heteroatoms. The fourth-order valence-electron chi connectivity index (χ4n) is 5.11. The molecule has 37 heavy (non-hydrogen) atoms. The van der Waals surface area contributed by atoms with Crippen molar-refractivity contribution in [1.82, 2.24) is 4.90 Å². The summed E-state index contributed by atoms with van der Waals surface area (Å²) in [6.07, 6.45) is 10.6. The summed E-state index contributed by atoms with van der Waals surface area (Å²) < 4.78 is 27.0. The lowest BCUT2D eigenvalue weighted by Crippen LogP contribution is -2.47. The van der Waals surface area contributed by atoms with E-state index in [0.717, 1.165) is 37.3 Å². The Bertz CT molecular complexity index is 1320. The molecule has 0 aliphatic carbocycles. The van der Waals surface area contributed by atoms with Gasteiger partial charge in [-0.25, -0.2) is 8.42 Å². The number of sulfonamides is 1. The highest BCUT2D eigenvalue weighted by Crippen LogP contribution is 2.40. The van der Waals surface area contributed by atoms with Crippen LogP contribution in [-0.4, -0.2) is 45.8 Å². The van der Waals surface area contributed by atoms with Crippen molar-refractivity contribution in [1.29, 1.82) is 0 Å². The lowest BCUT2D eigenvalue weighted by molar-refractivity contribution is 0.122. The molecule has 2 atom stereocenters. The molecule has 1 heterocycles. The first-order chi connectivity index (χ1) is 17.8. The third-order valence-electron chi connectivity index (χ3n) is 7.62. The van der Waals surface area contributed by atoms with E-state index in [-0.39, 0.29) is 5.41 Å². The van der Waals surface area contributed by atoms with Crippen LogP contribution in [0.3, 0.4) is 0 Å². The van der Waals surface area contributed by atoms with E-state index in [9.17, 15) is 8.42 Å². The van der Waals surface area contributed by atoms with Crippen LogP contribution in [0.5, 0.6) is 0 Å². The molecule has 3 aromatic carbocycles. The van der Waals surface area contributed by atoms with E-state index in [2.05, 4.69) is 67.3 Å². The number of likely N-dealkylation sites (tertiary alicyclic amines) is 1. The molecular weight excluding hydrogens is 476 g/mol. The van der Waals surface area contributed by atoms with E-state index in [0.29, 0.717) is 12.5 Å². The normalized spacial score (nSPS) is 21.0. The van der Waals surface area contributed by atoms with E-state index in [4.69, 9.17) is 0 Å². The zero-order valence-electron chi connectivity index (χ0n) is 22.1. The lowest BCUT2D eigenvalue weighted by Gasteiger charge is -2.45. The van der Waals surface area contributed by atoms with Gasteiger partial charge in [0.25, 0.3) is 0 Å². The summed E-state index contributed by atoms with van der Waals surface area (Å²) >= 11 is 0. The number of rotatable bonds is 9. The fraction of sp³-hybridized carbons (Fsp3) is 0.312. The Morgan fingerprint density at radius 3 is 2.14 bits per heavy atom. The molecule has 0 saturated carbocycles. The Morgan fingerprint density at radius 2 is 1.54 bits per heavy atom. The molecule has 3 aromatic rings. The molecule has 1 saturated heterocycles. The minimum Gasteiger partial charge on any atom is -0.299 e. The minimum absolute atomic E-state index is 0.0152. The second kappa shape index (κ2) is 11.9. The number of hydrogen-bond donors (Lipinski definition) is 0. The molecule has 1 fully saturated rings.